The van der Waals surface area contributed by atoms with Gasteiger partial charge in [-0.1, -0.05) is 35.1 Å². The lowest BCUT2D eigenvalue weighted by atomic mass is 10.1. The fourth-order valence-electron chi connectivity index (χ4n) is 2.03. The summed E-state index contributed by atoms with van der Waals surface area (Å²) >= 11 is 1.49. The molecule has 3 aromatic rings. The third kappa shape index (κ3) is 2.85. The maximum atomic E-state index is 5.72. The van der Waals surface area contributed by atoms with Gasteiger partial charge in [-0.05, 0) is 32.4 Å². The Labute approximate surface area is 126 Å². The fourth-order valence-corrected chi connectivity index (χ4v) is 2.95. The van der Waals surface area contributed by atoms with Gasteiger partial charge in [-0.25, -0.2) is 0 Å². The van der Waals surface area contributed by atoms with Crippen molar-refractivity contribution in [2.45, 2.75) is 31.7 Å². The highest BCUT2D eigenvalue weighted by atomic mass is 32.2. The normalized spacial score (nSPS) is 11.0. The third-order valence-electron chi connectivity index (χ3n) is 3.30. The lowest BCUT2D eigenvalue weighted by molar-refractivity contribution is 0.392. The van der Waals surface area contributed by atoms with E-state index in [2.05, 4.69) is 15.4 Å². The van der Waals surface area contributed by atoms with Crippen LogP contribution in [-0.4, -0.2) is 15.4 Å². The molecule has 0 unspecified atom stereocenters. The molecule has 0 spiro atoms. The van der Waals surface area contributed by atoms with Crippen molar-refractivity contribution in [3.63, 3.8) is 0 Å². The van der Waals surface area contributed by atoms with Gasteiger partial charge in [0.1, 0.15) is 5.76 Å². The number of hydrogen-bond acceptors (Lipinski definition) is 6. The Morgan fingerprint density at radius 1 is 1.10 bits per heavy atom. The van der Waals surface area contributed by atoms with Crippen LogP contribution >= 0.6 is 11.8 Å². The van der Waals surface area contributed by atoms with Gasteiger partial charge in [-0.3, -0.25) is 0 Å². The highest BCUT2D eigenvalue weighted by molar-refractivity contribution is 7.98. The van der Waals surface area contributed by atoms with E-state index in [1.54, 1.807) is 0 Å². The molecule has 0 N–H and O–H groups in total. The van der Waals surface area contributed by atoms with Crippen LogP contribution < -0.4 is 0 Å². The van der Waals surface area contributed by atoms with E-state index in [0.717, 1.165) is 28.1 Å². The summed E-state index contributed by atoms with van der Waals surface area (Å²) in [5, 5.41) is 12.7. The van der Waals surface area contributed by atoms with Crippen LogP contribution in [0.15, 0.2) is 38.4 Å². The van der Waals surface area contributed by atoms with Crippen LogP contribution in [-0.2, 0) is 5.75 Å². The number of benzene rings is 1. The average molecular weight is 301 g/mol. The Morgan fingerprint density at radius 3 is 2.62 bits per heavy atom. The number of hydrogen-bond donors (Lipinski definition) is 0. The molecule has 2 aromatic heterocycles. The summed E-state index contributed by atoms with van der Waals surface area (Å²) in [6, 6.07) is 7.95. The van der Waals surface area contributed by atoms with Crippen molar-refractivity contribution in [3.8, 4) is 11.5 Å². The summed E-state index contributed by atoms with van der Waals surface area (Å²) in [7, 11) is 0. The molecule has 6 heteroatoms. The molecule has 0 saturated heterocycles. The predicted octanol–water partition coefficient (Wildman–Crippen LogP) is 3.94. The predicted molar refractivity (Wildman–Crippen MR) is 80.0 cm³/mol. The van der Waals surface area contributed by atoms with Gasteiger partial charge in [0.25, 0.3) is 5.22 Å². The molecule has 0 aliphatic carbocycles. The Hall–Kier alpha value is -2.08. The van der Waals surface area contributed by atoms with E-state index in [4.69, 9.17) is 8.94 Å². The monoisotopic (exact) mass is 301 g/mol. The molecule has 3 rings (SSSR count). The van der Waals surface area contributed by atoms with Crippen molar-refractivity contribution in [2.24, 2.45) is 0 Å². The van der Waals surface area contributed by atoms with Gasteiger partial charge in [-0.15, -0.1) is 10.2 Å². The van der Waals surface area contributed by atoms with Crippen LogP contribution in [0.5, 0.6) is 0 Å². The SMILES string of the molecule is Cc1ccccc1-c1nnc(SCc2c(C)noc2C)o1. The van der Waals surface area contributed by atoms with Crippen LogP contribution in [0.25, 0.3) is 11.5 Å². The molecule has 0 amide bonds. The maximum absolute atomic E-state index is 5.72. The quantitative estimate of drug-likeness (QED) is 0.680. The first-order valence-corrected chi connectivity index (χ1v) is 7.58. The van der Waals surface area contributed by atoms with Crippen molar-refractivity contribution in [1.29, 1.82) is 0 Å². The number of aryl methyl sites for hydroxylation is 3. The molecule has 0 radical (unpaired) electrons. The minimum absolute atomic E-state index is 0.549. The van der Waals surface area contributed by atoms with Crippen LogP contribution in [0, 0.1) is 20.8 Å². The second-order valence-corrected chi connectivity index (χ2v) is 5.71. The summed E-state index contributed by atoms with van der Waals surface area (Å²) in [4.78, 5) is 0. The van der Waals surface area contributed by atoms with E-state index < -0.39 is 0 Å². The van der Waals surface area contributed by atoms with Gasteiger partial charge in [0.05, 0.1) is 5.69 Å². The smallest absolute Gasteiger partial charge is 0.277 e. The second kappa shape index (κ2) is 5.73. The Morgan fingerprint density at radius 2 is 1.90 bits per heavy atom. The zero-order chi connectivity index (χ0) is 14.8. The van der Waals surface area contributed by atoms with Crippen molar-refractivity contribution < 1.29 is 8.94 Å². The maximum Gasteiger partial charge on any atom is 0.277 e. The Balaban J connectivity index is 1.76. The Bertz CT molecular complexity index is 744. The van der Waals surface area contributed by atoms with Crippen LogP contribution in [0.2, 0.25) is 0 Å². The van der Waals surface area contributed by atoms with Gasteiger partial charge >= 0.3 is 0 Å². The summed E-state index contributed by atoms with van der Waals surface area (Å²) in [6.45, 7) is 5.86. The van der Waals surface area contributed by atoms with E-state index in [0.29, 0.717) is 16.9 Å². The molecule has 0 saturated carbocycles. The first kappa shape index (κ1) is 13.9. The zero-order valence-corrected chi connectivity index (χ0v) is 12.9. The molecule has 0 bridgehead atoms. The molecule has 0 aliphatic rings. The summed E-state index contributed by atoms with van der Waals surface area (Å²) in [5.74, 6) is 2.09. The van der Waals surface area contributed by atoms with Gasteiger partial charge in [0, 0.05) is 16.9 Å². The first-order valence-electron chi connectivity index (χ1n) is 6.59. The van der Waals surface area contributed by atoms with E-state index >= 15 is 0 Å². The molecule has 0 atom stereocenters. The van der Waals surface area contributed by atoms with Gasteiger partial charge in [-0.2, -0.15) is 0 Å². The van der Waals surface area contributed by atoms with Gasteiger partial charge < -0.3 is 8.94 Å². The Kier molecular flexibility index (Phi) is 3.79. The highest BCUT2D eigenvalue weighted by Gasteiger charge is 2.14. The molecule has 0 fully saturated rings. The standard InChI is InChI=1S/C15H15N3O2S/c1-9-6-4-5-7-12(9)14-16-17-15(19-14)21-8-13-10(2)18-20-11(13)3/h4-7H,8H2,1-3H3. The number of aromatic nitrogens is 3. The topological polar surface area (TPSA) is 65.0 Å². The average Bonchev–Trinajstić information content (AvgIpc) is 3.05. The van der Waals surface area contributed by atoms with Crippen molar-refractivity contribution >= 4 is 11.8 Å². The van der Waals surface area contributed by atoms with Crippen LogP contribution in [0.1, 0.15) is 22.6 Å². The molecular weight excluding hydrogens is 286 g/mol. The third-order valence-corrected chi connectivity index (χ3v) is 4.15. The van der Waals surface area contributed by atoms with E-state index in [1.807, 2.05) is 45.0 Å². The zero-order valence-electron chi connectivity index (χ0n) is 12.1. The van der Waals surface area contributed by atoms with E-state index in [-0.39, 0.29) is 0 Å². The molecule has 5 nitrogen and oxygen atoms in total. The van der Waals surface area contributed by atoms with E-state index in [1.165, 1.54) is 11.8 Å². The van der Waals surface area contributed by atoms with Gasteiger partial charge in [0.2, 0.25) is 5.89 Å². The van der Waals surface area contributed by atoms with Crippen molar-refractivity contribution in [3.05, 3.63) is 46.8 Å². The number of rotatable bonds is 4. The van der Waals surface area contributed by atoms with Crippen molar-refractivity contribution in [2.75, 3.05) is 0 Å². The van der Waals surface area contributed by atoms with Crippen molar-refractivity contribution in [1.82, 2.24) is 15.4 Å². The molecule has 0 aliphatic heterocycles. The van der Waals surface area contributed by atoms with Crippen LogP contribution in [0.4, 0.5) is 0 Å². The summed E-state index contributed by atoms with van der Waals surface area (Å²) in [5.41, 5.74) is 4.06. The fraction of sp³-hybridized carbons (Fsp3) is 0.267. The molecule has 108 valence electrons. The van der Waals surface area contributed by atoms with Gasteiger partial charge in [0.15, 0.2) is 0 Å². The summed E-state index contributed by atoms with van der Waals surface area (Å²) < 4.78 is 10.9. The lowest BCUT2D eigenvalue weighted by Gasteiger charge is -1.99. The number of nitrogens with zero attached hydrogens (tertiary/aromatic N) is 3. The minimum Gasteiger partial charge on any atom is -0.411 e. The number of thioether (sulfide) groups is 1. The van der Waals surface area contributed by atoms with Crippen LogP contribution in [0.3, 0.4) is 0 Å². The summed E-state index contributed by atoms with van der Waals surface area (Å²) in [6.07, 6.45) is 0. The molecule has 1 aromatic carbocycles. The highest BCUT2D eigenvalue weighted by Crippen LogP contribution is 2.28. The molecule has 2 heterocycles. The molecule has 21 heavy (non-hydrogen) atoms. The lowest BCUT2D eigenvalue weighted by Crippen LogP contribution is -1.84. The molecular formula is C15H15N3O2S. The first-order chi connectivity index (χ1) is 10.1. The largest absolute Gasteiger partial charge is 0.411 e. The van der Waals surface area contributed by atoms with E-state index in [9.17, 15) is 0 Å². The second-order valence-electron chi connectivity index (χ2n) is 4.78. The minimum atomic E-state index is 0.549.